The Bertz CT molecular complexity index is 700. The average molecular weight is 366 g/mol. The fraction of sp³-hybridized carbons (Fsp3) is 0.556. The fourth-order valence-corrected chi connectivity index (χ4v) is 5.06. The number of amides is 1. The van der Waals surface area contributed by atoms with Gasteiger partial charge < -0.3 is 15.2 Å². The van der Waals surface area contributed by atoms with E-state index in [-0.39, 0.29) is 17.1 Å². The van der Waals surface area contributed by atoms with E-state index in [4.69, 9.17) is 15.2 Å². The van der Waals surface area contributed by atoms with Gasteiger partial charge in [-0.2, -0.15) is 0 Å². The second kappa shape index (κ2) is 7.05. The Morgan fingerprint density at radius 1 is 1.08 bits per heavy atom. The molecule has 0 aromatic heterocycles. The van der Waals surface area contributed by atoms with Crippen LogP contribution in [-0.4, -0.2) is 39.1 Å². The molecule has 1 aromatic rings. The molecule has 25 heavy (non-hydrogen) atoms. The molecule has 3 rings (SSSR count). The first-order valence-electron chi connectivity index (χ1n) is 8.53. The van der Waals surface area contributed by atoms with Gasteiger partial charge in [0.25, 0.3) is 0 Å². The molecule has 1 aliphatic carbocycles. The van der Waals surface area contributed by atoms with Crippen molar-refractivity contribution < 1.29 is 22.7 Å². The summed E-state index contributed by atoms with van der Waals surface area (Å²) in [5.41, 5.74) is 4.91. The minimum atomic E-state index is -3.43. The maximum atomic E-state index is 12.6. The SMILES string of the molecule is NC(=O)CC1([CH]CS(=O)(=O)c2ccccc2)CCC2(CC1)OCCO2. The van der Waals surface area contributed by atoms with Gasteiger partial charge in [-0.05, 0) is 36.8 Å². The number of hydrogen-bond donors (Lipinski definition) is 1. The number of carbonyl (C=O) groups is 1. The molecule has 1 spiro atoms. The molecule has 6 nitrogen and oxygen atoms in total. The number of benzene rings is 1. The second-order valence-electron chi connectivity index (χ2n) is 6.91. The highest BCUT2D eigenvalue weighted by Gasteiger charge is 2.47. The normalized spacial score (nSPS) is 22.1. The van der Waals surface area contributed by atoms with E-state index in [1.54, 1.807) is 36.8 Å². The van der Waals surface area contributed by atoms with Crippen molar-refractivity contribution in [3.05, 3.63) is 36.8 Å². The molecule has 2 aliphatic rings. The third kappa shape index (κ3) is 4.22. The summed E-state index contributed by atoms with van der Waals surface area (Å²) in [5.74, 6) is -1.09. The first-order chi connectivity index (χ1) is 11.9. The molecule has 0 bridgehead atoms. The Hall–Kier alpha value is -1.44. The van der Waals surface area contributed by atoms with Gasteiger partial charge in [0.15, 0.2) is 15.6 Å². The summed E-state index contributed by atoms with van der Waals surface area (Å²) in [6, 6.07) is 8.34. The lowest BCUT2D eigenvalue weighted by Gasteiger charge is -2.43. The van der Waals surface area contributed by atoms with Crippen molar-refractivity contribution in [2.45, 2.75) is 42.8 Å². The lowest BCUT2D eigenvalue weighted by atomic mass is 9.68. The number of rotatable bonds is 6. The van der Waals surface area contributed by atoms with Gasteiger partial charge in [-0.15, -0.1) is 0 Å². The molecular weight excluding hydrogens is 342 g/mol. The summed E-state index contributed by atoms with van der Waals surface area (Å²) >= 11 is 0. The van der Waals surface area contributed by atoms with Gasteiger partial charge in [0.2, 0.25) is 5.91 Å². The molecule has 7 heteroatoms. The van der Waals surface area contributed by atoms with Crippen molar-refractivity contribution >= 4 is 15.7 Å². The van der Waals surface area contributed by atoms with Gasteiger partial charge >= 0.3 is 0 Å². The maximum absolute atomic E-state index is 12.6. The van der Waals surface area contributed by atoms with E-state index in [1.165, 1.54) is 0 Å². The highest BCUT2D eigenvalue weighted by Crippen LogP contribution is 2.48. The van der Waals surface area contributed by atoms with Crippen molar-refractivity contribution in [1.82, 2.24) is 0 Å². The smallest absolute Gasteiger partial charge is 0.217 e. The summed E-state index contributed by atoms with van der Waals surface area (Å²) < 4.78 is 36.6. The summed E-state index contributed by atoms with van der Waals surface area (Å²) in [7, 11) is -3.43. The molecule has 1 saturated heterocycles. The quantitative estimate of drug-likeness (QED) is 0.829. The van der Waals surface area contributed by atoms with E-state index in [9.17, 15) is 13.2 Å². The number of primary amides is 1. The van der Waals surface area contributed by atoms with E-state index in [0.717, 1.165) is 0 Å². The van der Waals surface area contributed by atoms with Gasteiger partial charge in [-0.3, -0.25) is 4.79 Å². The van der Waals surface area contributed by atoms with E-state index in [1.807, 2.05) is 0 Å². The molecule has 1 radical (unpaired) electrons. The monoisotopic (exact) mass is 366 g/mol. The van der Waals surface area contributed by atoms with Crippen molar-refractivity contribution in [3.63, 3.8) is 0 Å². The van der Waals surface area contributed by atoms with Crippen molar-refractivity contribution in [1.29, 1.82) is 0 Å². The zero-order valence-corrected chi connectivity index (χ0v) is 15.0. The lowest BCUT2D eigenvalue weighted by Crippen LogP contribution is -2.42. The van der Waals surface area contributed by atoms with Crippen LogP contribution in [0.4, 0.5) is 0 Å². The molecule has 1 aliphatic heterocycles. The van der Waals surface area contributed by atoms with Gasteiger partial charge in [0.05, 0.1) is 23.9 Å². The van der Waals surface area contributed by atoms with Crippen molar-refractivity contribution in [2.75, 3.05) is 19.0 Å². The Labute approximate surface area is 148 Å². The number of carbonyl (C=O) groups excluding carboxylic acids is 1. The lowest BCUT2D eigenvalue weighted by molar-refractivity contribution is -0.189. The van der Waals surface area contributed by atoms with Crippen molar-refractivity contribution in [2.24, 2.45) is 11.1 Å². The molecule has 1 aromatic carbocycles. The summed E-state index contributed by atoms with van der Waals surface area (Å²) in [6.07, 6.45) is 4.44. The Balaban J connectivity index is 1.70. The van der Waals surface area contributed by atoms with Crippen LogP contribution in [0.2, 0.25) is 0 Å². The van der Waals surface area contributed by atoms with Crippen LogP contribution in [-0.2, 0) is 24.1 Å². The van der Waals surface area contributed by atoms with E-state index < -0.39 is 26.9 Å². The van der Waals surface area contributed by atoms with Gasteiger partial charge in [-0.1, -0.05) is 18.2 Å². The molecule has 2 fully saturated rings. The van der Waals surface area contributed by atoms with Crippen molar-refractivity contribution in [3.8, 4) is 0 Å². The Morgan fingerprint density at radius 2 is 1.68 bits per heavy atom. The predicted octanol–water partition coefficient (Wildman–Crippen LogP) is 1.84. The van der Waals surface area contributed by atoms with Gasteiger partial charge in [-0.25, -0.2) is 8.42 Å². The first-order valence-corrected chi connectivity index (χ1v) is 10.2. The van der Waals surface area contributed by atoms with Crippen LogP contribution in [0.3, 0.4) is 0 Å². The number of sulfone groups is 1. The molecule has 0 atom stereocenters. The van der Waals surface area contributed by atoms with Crippen LogP contribution in [0.25, 0.3) is 0 Å². The standard InChI is InChI=1S/C18H24NO5S/c19-16(20)14-17(6-8-18(9-7-17)23-11-12-24-18)10-13-25(21,22)15-4-2-1-3-5-15/h1-5,10H,6-9,11-14H2,(H2,19,20). The zero-order chi connectivity index (χ0) is 18.0. The van der Waals surface area contributed by atoms with E-state index in [0.29, 0.717) is 38.9 Å². The van der Waals surface area contributed by atoms with E-state index >= 15 is 0 Å². The van der Waals surface area contributed by atoms with Gasteiger partial charge in [0.1, 0.15) is 0 Å². The third-order valence-electron chi connectivity index (χ3n) is 5.19. The number of hydrogen-bond acceptors (Lipinski definition) is 5. The third-order valence-corrected chi connectivity index (χ3v) is 6.78. The molecule has 137 valence electrons. The number of ether oxygens (including phenoxy) is 2. The van der Waals surface area contributed by atoms with E-state index in [2.05, 4.69) is 0 Å². The molecule has 2 N–H and O–H groups in total. The molecule has 1 heterocycles. The second-order valence-corrected chi connectivity index (χ2v) is 8.95. The minimum Gasteiger partial charge on any atom is -0.370 e. The largest absolute Gasteiger partial charge is 0.370 e. The van der Waals surface area contributed by atoms with Crippen LogP contribution >= 0.6 is 0 Å². The summed E-state index contributed by atoms with van der Waals surface area (Å²) in [6.45, 7) is 1.16. The zero-order valence-electron chi connectivity index (χ0n) is 14.1. The van der Waals surface area contributed by atoms with Crippen LogP contribution in [0, 0.1) is 11.8 Å². The Morgan fingerprint density at radius 3 is 2.24 bits per heavy atom. The van der Waals surface area contributed by atoms with Crippen LogP contribution in [0.1, 0.15) is 32.1 Å². The fourth-order valence-electron chi connectivity index (χ4n) is 3.73. The molecule has 0 unspecified atom stereocenters. The molecule has 1 saturated carbocycles. The topological polar surface area (TPSA) is 95.7 Å². The predicted molar refractivity (Wildman–Crippen MR) is 92.1 cm³/mol. The van der Waals surface area contributed by atoms with Crippen LogP contribution in [0.15, 0.2) is 35.2 Å². The first kappa shape index (κ1) is 18.4. The summed E-state index contributed by atoms with van der Waals surface area (Å²) in [4.78, 5) is 11.9. The Kier molecular flexibility index (Phi) is 5.18. The minimum absolute atomic E-state index is 0.112. The van der Waals surface area contributed by atoms with Gasteiger partial charge in [0, 0.05) is 19.3 Å². The summed E-state index contributed by atoms with van der Waals surface area (Å²) in [5, 5.41) is 0. The highest BCUT2D eigenvalue weighted by atomic mass is 32.2. The molecule has 1 amide bonds. The van der Waals surface area contributed by atoms with Crippen LogP contribution < -0.4 is 5.73 Å². The number of nitrogens with two attached hydrogens (primary N) is 1. The molecular formula is C18H24NO5S. The highest BCUT2D eigenvalue weighted by molar-refractivity contribution is 7.91. The maximum Gasteiger partial charge on any atom is 0.217 e. The average Bonchev–Trinajstić information content (AvgIpc) is 3.05. The van der Waals surface area contributed by atoms with Crippen LogP contribution in [0.5, 0.6) is 0 Å².